The van der Waals surface area contributed by atoms with Gasteiger partial charge in [-0.15, -0.1) is 0 Å². The van der Waals surface area contributed by atoms with Crippen LogP contribution in [-0.2, 0) is 0 Å². The van der Waals surface area contributed by atoms with Gasteiger partial charge in [0, 0.05) is 18.7 Å². The van der Waals surface area contributed by atoms with Crippen LogP contribution in [0.4, 0.5) is 5.82 Å². The molecule has 1 aromatic heterocycles. The van der Waals surface area contributed by atoms with E-state index in [1.54, 1.807) is 19.2 Å². The second-order valence-corrected chi connectivity index (χ2v) is 5.90. The fourth-order valence-electron chi connectivity index (χ4n) is 2.72. The Kier molecular flexibility index (Phi) is 5.24. The first-order valence-electron chi connectivity index (χ1n) is 7.26. The van der Waals surface area contributed by atoms with Crippen LogP contribution in [0.25, 0.3) is 0 Å². The molecule has 4 nitrogen and oxygen atoms in total. The van der Waals surface area contributed by atoms with Gasteiger partial charge >= 0.3 is 0 Å². The molecule has 0 bridgehead atoms. The van der Waals surface area contributed by atoms with Crippen LogP contribution in [0.2, 0.25) is 5.15 Å². The highest BCUT2D eigenvalue weighted by atomic mass is 35.5. The first-order chi connectivity index (χ1) is 9.60. The van der Waals surface area contributed by atoms with Crippen molar-refractivity contribution in [3.05, 3.63) is 22.8 Å². The molecule has 0 aromatic carbocycles. The van der Waals surface area contributed by atoms with Crippen LogP contribution >= 0.6 is 11.6 Å². The zero-order chi connectivity index (χ0) is 14.5. The minimum atomic E-state index is -0.0652. The van der Waals surface area contributed by atoms with E-state index in [1.165, 1.54) is 25.7 Å². The predicted octanol–water partition coefficient (Wildman–Crippen LogP) is 3.48. The molecule has 1 aliphatic rings. The molecule has 1 fully saturated rings. The lowest BCUT2D eigenvalue weighted by Crippen LogP contribution is -2.38. The topological polar surface area (TPSA) is 54.0 Å². The van der Waals surface area contributed by atoms with Gasteiger partial charge in [0.05, 0.1) is 0 Å². The van der Waals surface area contributed by atoms with Crippen molar-refractivity contribution in [2.75, 3.05) is 12.4 Å². The number of anilines is 1. The summed E-state index contributed by atoms with van der Waals surface area (Å²) in [6, 6.07) is 3.59. The average Bonchev–Trinajstić information content (AvgIpc) is 2.63. The molecule has 0 aliphatic heterocycles. The number of pyridine rings is 1. The van der Waals surface area contributed by atoms with Crippen LogP contribution in [0.15, 0.2) is 12.1 Å². The molecule has 1 amide bonds. The van der Waals surface area contributed by atoms with E-state index < -0.39 is 0 Å². The Labute approximate surface area is 125 Å². The molecular formula is C15H22ClN3O. The van der Waals surface area contributed by atoms with Gasteiger partial charge < -0.3 is 10.6 Å². The van der Waals surface area contributed by atoms with E-state index >= 15 is 0 Å². The number of nitrogens with one attached hydrogen (secondary N) is 2. The monoisotopic (exact) mass is 295 g/mol. The zero-order valence-corrected chi connectivity index (χ0v) is 12.8. The van der Waals surface area contributed by atoms with E-state index in [4.69, 9.17) is 11.6 Å². The molecular weight excluding hydrogens is 274 g/mol. The Hall–Kier alpha value is -1.29. The number of amides is 1. The number of aromatic nitrogens is 1. The largest absolute Gasteiger partial charge is 0.373 e. The molecule has 5 heteroatoms. The van der Waals surface area contributed by atoms with Crippen LogP contribution in [0.1, 0.15) is 49.4 Å². The third-order valence-corrected chi connectivity index (χ3v) is 4.18. The Morgan fingerprint density at radius 2 is 2.05 bits per heavy atom. The van der Waals surface area contributed by atoms with Crippen molar-refractivity contribution in [2.45, 2.75) is 45.1 Å². The van der Waals surface area contributed by atoms with Crippen molar-refractivity contribution in [3.8, 4) is 0 Å². The van der Waals surface area contributed by atoms with E-state index in [-0.39, 0.29) is 11.9 Å². The number of halogens is 1. The zero-order valence-electron chi connectivity index (χ0n) is 12.1. The number of hydrogen-bond acceptors (Lipinski definition) is 3. The summed E-state index contributed by atoms with van der Waals surface area (Å²) in [7, 11) is 1.76. The summed E-state index contributed by atoms with van der Waals surface area (Å²) in [5, 5.41) is 6.39. The van der Waals surface area contributed by atoms with Gasteiger partial charge in [-0.1, -0.05) is 37.8 Å². The number of nitrogens with zero attached hydrogens (tertiary/aromatic N) is 1. The fraction of sp³-hybridized carbons (Fsp3) is 0.600. The summed E-state index contributed by atoms with van der Waals surface area (Å²) in [4.78, 5) is 16.5. The standard InChI is InChI=1S/C15H22ClN3O/c1-10-6-4-3-5-7-12(10)18-15(20)11-8-13(16)19-14(9-11)17-2/h8-10,12H,3-7H2,1-2H3,(H,17,19)(H,18,20). The summed E-state index contributed by atoms with van der Waals surface area (Å²) in [6.45, 7) is 2.22. The molecule has 1 heterocycles. The van der Waals surface area contributed by atoms with Crippen molar-refractivity contribution < 1.29 is 4.79 Å². The maximum absolute atomic E-state index is 12.4. The normalized spacial score (nSPS) is 22.9. The van der Waals surface area contributed by atoms with Crippen molar-refractivity contribution in [3.63, 3.8) is 0 Å². The highest BCUT2D eigenvalue weighted by Crippen LogP contribution is 2.23. The van der Waals surface area contributed by atoms with Crippen LogP contribution in [-0.4, -0.2) is 24.0 Å². The maximum atomic E-state index is 12.4. The summed E-state index contributed by atoms with van der Waals surface area (Å²) in [5.41, 5.74) is 0.561. The van der Waals surface area contributed by atoms with Gasteiger partial charge in [-0.2, -0.15) is 0 Å². The molecule has 1 saturated carbocycles. The summed E-state index contributed by atoms with van der Waals surface area (Å²) >= 11 is 5.94. The van der Waals surface area contributed by atoms with Crippen molar-refractivity contribution in [1.29, 1.82) is 0 Å². The summed E-state index contributed by atoms with van der Waals surface area (Å²) in [5.74, 6) is 1.07. The van der Waals surface area contributed by atoms with Gasteiger partial charge in [0.25, 0.3) is 5.91 Å². The SMILES string of the molecule is CNc1cc(C(=O)NC2CCCCCC2C)cc(Cl)n1. The second kappa shape index (κ2) is 6.93. The van der Waals surface area contributed by atoms with E-state index in [0.29, 0.717) is 22.5 Å². The molecule has 20 heavy (non-hydrogen) atoms. The van der Waals surface area contributed by atoms with Crippen LogP contribution < -0.4 is 10.6 Å². The molecule has 0 spiro atoms. The van der Waals surface area contributed by atoms with E-state index in [2.05, 4.69) is 22.5 Å². The number of carbonyl (C=O) groups excluding carboxylic acids is 1. The van der Waals surface area contributed by atoms with Gasteiger partial charge in [-0.05, 0) is 30.9 Å². The first-order valence-corrected chi connectivity index (χ1v) is 7.64. The van der Waals surface area contributed by atoms with Crippen LogP contribution in [0, 0.1) is 5.92 Å². The van der Waals surface area contributed by atoms with Crippen LogP contribution in [0.5, 0.6) is 0 Å². The summed E-state index contributed by atoms with van der Waals surface area (Å²) < 4.78 is 0. The van der Waals surface area contributed by atoms with Crippen LogP contribution in [0.3, 0.4) is 0 Å². The Bertz CT molecular complexity index is 478. The molecule has 1 aromatic rings. The van der Waals surface area contributed by atoms with E-state index in [9.17, 15) is 4.79 Å². The molecule has 2 rings (SSSR count). The van der Waals surface area contributed by atoms with Gasteiger partial charge in [0.2, 0.25) is 0 Å². The van der Waals surface area contributed by atoms with Gasteiger partial charge in [-0.3, -0.25) is 4.79 Å². The molecule has 2 N–H and O–H groups in total. The fourth-order valence-corrected chi connectivity index (χ4v) is 2.92. The number of carbonyl (C=O) groups is 1. The Balaban J connectivity index is 2.09. The molecule has 2 atom stereocenters. The van der Waals surface area contributed by atoms with E-state index in [0.717, 1.165) is 6.42 Å². The summed E-state index contributed by atoms with van der Waals surface area (Å²) in [6.07, 6.45) is 5.96. The highest BCUT2D eigenvalue weighted by molar-refractivity contribution is 6.29. The van der Waals surface area contributed by atoms with Gasteiger partial charge in [-0.25, -0.2) is 4.98 Å². The minimum absolute atomic E-state index is 0.0652. The van der Waals surface area contributed by atoms with Gasteiger partial charge in [0.1, 0.15) is 11.0 Å². The highest BCUT2D eigenvalue weighted by Gasteiger charge is 2.22. The predicted molar refractivity (Wildman–Crippen MR) is 82.3 cm³/mol. The molecule has 0 radical (unpaired) electrons. The van der Waals surface area contributed by atoms with Crippen molar-refractivity contribution in [1.82, 2.24) is 10.3 Å². The minimum Gasteiger partial charge on any atom is -0.373 e. The van der Waals surface area contributed by atoms with Crippen molar-refractivity contribution >= 4 is 23.3 Å². The lowest BCUT2D eigenvalue weighted by Gasteiger charge is -2.23. The average molecular weight is 296 g/mol. The van der Waals surface area contributed by atoms with E-state index in [1.807, 2.05) is 0 Å². The Morgan fingerprint density at radius 3 is 2.80 bits per heavy atom. The quantitative estimate of drug-likeness (QED) is 0.663. The first kappa shape index (κ1) is 15.1. The third-order valence-electron chi connectivity index (χ3n) is 3.99. The second-order valence-electron chi connectivity index (χ2n) is 5.51. The van der Waals surface area contributed by atoms with Crippen molar-refractivity contribution in [2.24, 2.45) is 5.92 Å². The molecule has 2 unspecified atom stereocenters. The maximum Gasteiger partial charge on any atom is 0.251 e. The lowest BCUT2D eigenvalue weighted by molar-refractivity contribution is 0.0921. The number of hydrogen-bond donors (Lipinski definition) is 2. The lowest BCUT2D eigenvalue weighted by atomic mass is 9.96. The van der Waals surface area contributed by atoms with Gasteiger partial charge in [0.15, 0.2) is 0 Å². The molecule has 0 saturated heterocycles. The third kappa shape index (κ3) is 3.85. The molecule has 1 aliphatic carbocycles. The number of rotatable bonds is 3. The Morgan fingerprint density at radius 1 is 1.30 bits per heavy atom. The smallest absolute Gasteiger partial charge is 0.251 e. The molecule has 110 valence electrons.